The summed E-state index contributed by atoms with van der Waals surface area (Å²) in [6.45, 7) is 9.51. The molecule has 0 saturated carbocycles. The molecule has 0 radical (unpaired) electrons. The SMILES string of the molecule is CCNC(=NCCCN1CCCC1=O)NCCCOCC1CCOC1.I. The predicted molar refractivity (Wildman–Crippen MR) is 114 cm³/mol. The molecule has 2 rings (SSSR count). The van der Waals surface area contributed by atoms with Gasteiger partial charge >= 0.3 is 0 Å². The second kappa shape index (κ2) is 14.4. The van der Waals surface area contributed by atoms with Gasteiger partial charge in [0.2, 0.25) is 5.91 Å². The van der Waals surface area contributed by atoms with E-state index in [9.17, 15) is 4.79 Å². The lowest BCUT2D eigenvalue weighted by Crippen LogP contribution is -2.38. The number of aliphatic imine (C=N–C) groups is 1. The average molecular weight is 482 g/mol. The Morgan fingerprint density at radius 1 is 1.38 bits per heavy atom. The molecule has 1 atom stereocenters. The minimum atomic E-state index is 0. The topological polar surface area (TPSA) is 75.2 Å². The maximum atomic E-state index is 11.6. The fourth-order valence-corrected chi connectivity index (χ4v) is 3.08. The number of guanidine groups is 1. The largest absolute Gasteiger partial charge is 0.381 e. The van der Waals surface area contributed by atoms with Crippen LogP contribution in [0.4, 0.5) is 0 Å². The molecule has 0 aliphatic carbocycles. The Morgan fingerprint density at radius 3 is 2.96 bits per heavy atom. The molecule has 2 aliphatic rings. The molecule has 2 fully saturated rings. The number of likely N-dealkylation sites (tertiary alicyclic amines) is 1. The lowest BCUT2D eigenvalue weighted by Gasteiger charge is -2.15. The predicted octanol–water partition coefficient (Wildman–Crippen LogP) is 1.62. The van der Waals surface area contributed by atoms with Crippen molar-refractivity contribution in [2.45, 2.75) is 39.0 Å². The van der Waals surface area contributed by atoms with Gasteiger partial charge in [-0.25, -0.2) is 0 Å². The van der Waals surface area contributed by atoms with E-state index in [1.807, 2.05) is 4.90 Å². The van der Waals surface area contributed by atoms with Crippen molar-refractivity contribution < 1.29 is 14.3 Å². The highest BCUT2D eigenvalue weighted by Gasteiger charge is 2.18. The number of nitrogens with one attached hydrogen (secondary N) is 2. The van der Waals surface area contributed by atoms with Crippen molar-refractivity contribution in [2.75, 3.05) is 59.2 Å². The van der Waals surface area contributed by atoms with Gasteiger partial charge in [-0.1, -0.05) is 0 Å². The van der Waals surface area contributed by atoms with Crippen LogP contribution < -0.4 is 10.6 Å². The summed E-state index contributed by atoms with van der Waals surface area (Å²) >= 11 is 0. The van der Waals surface area contributed by atoms with Crippen LogP contribution in [0, 0.1) is 5.92 Å². The highest BCUT2D eigenvalue weighted by molar-refractivity contribution is 14.0. The van der Waals surface area contributed by atoms with Crippen LogP contribution in [-0.4, -0.2) is 75.9 Å². The van der Waals surface area contributed by atoms with Crippen LogP contribution in [0.15, 0.2) is 4.99 Å². The van der Waals surface area contributed by atoms with Gasteiger partial charge in [0, 0.05) is 58.3 Å². The Kier molecular flexibility index (Phi) is 13.0. The average Bonchev–Trinajstić information content (AvgIpc) is 3.26. The van der Waals surface area contributed by atoms with E-state index in [-0.39, 0.29) is 29.9 Å². The van der Waals surface area contributed by atoms with Crippen LogP contribution in [0.3, 0.4) is 0 Å². The Balaban J connectivity index is 0.00000338. The van der Waals surface area contributed by atoms with E-state index in [0.29, 0.717) is 12.3 Å². The number of carbonyl (C=O) groups is 1. The minimum absolute atomic E-state index is 0. The Labute approximate surface area is 174 Å². The van der Waals surface area contributed by atoms with Crippen molar-refractivity contribution in [2.24, 2.45) is 10.9 Å². The molecular weight excluding hydrogens is 447 g/mol. The standard InChI is InChI=1S/C18H34N4O3.HI/c1-2-19-18(20-8-4-11-22-10-3-6-17(22)23)21-9-5-12-24-14-16-7-13-25-15-16;/h16H,2-15H2,1H3,(H2,19,20,21);1H. The molecule has 2 heterocycles. The maximum absolute atomic E-state index is 11.6. The van der Waals surface area contributed by atoms with Crippen LogP contribution in [0.25, 0.3) is 0 Å². The summed E-state index contributed by atoms with van der Waals surface area (Å²) in [6.07, 6.45) is 4.71. The Bertz CT molecular complexity index is 417. The Hall–Kier alpha value is -0.610. The highest BCUT2D eigenvalue weighted by atomic mass is 127. The maximum Gasteiger partial charge on any atom is 0.222 e. The van der Waals surface area contributed by atoms with E-state index in [0.717, 1.165) is 90.8 Å². The summed E-state index contributed by atoms with van der Waals surface area (Å²) in [5, 5.41) is 6.60. The van der Waals surface area contributed by atoms with Crippen molar-refractivity contribution in [1.82, 2.24) is 15.5 Å². The fourth-order valence-electron chi connectivity index (χ4n) is 3.08. The molecule has 0 aromatic carbocycles. The fraction of sp³-hybridized carbons (Fsp3) is 0.889. The van der Waals surface area contributed by atoms with E-state index in [1.165, 1.54) is 0 Å². The number of halogens is 1. The van der Waals surface area contributed by atoms with Gasteiger partial charge < -0.3 is 25.0 Å². The van der Waals surface area contributed by atoms with Crippen LogP contribution in [0.1, 0.15) is 39.0 Å². The smallest absolute Gasteiger partial charge is 0.222 e. The number of nitrogens with zero attached hydrogens (tertiary/aromatic N) is 2. The van der Waals surface area contributed by atoms with Gasteiger partial charge in [-0.2, -0.15) is 0 Å². The summed E-state index contributed by atoms with van der Waals surface area (Å²) in [6, 6.07) is 0. The number of ether oxygens (including phenoxy) is 2. The molecule has 2 aliphatic heterocycles. The van der Waals surface area contributed by atoms with Gasteiger partial charge in [0.1, 0.15) is 0 Å². The zero-order chi connectivity index (χ0) is 17.7. The number of rotatable bonds is 11. The summed E-state index contributed by atoms with van der Waals surface area (Å²) in [5.41, 5.74) is 0. The molecule has 7 nitrogen and oxygen atoms in total. The number of hydrogen-bond donors (Lipinski definition) is 2. The van der Waals surface area contributed by atoms with Crippen LogP contribution in [0.2, 0.25) is 0 Å². The molecule has 0 bridgehead atoms. The van der Waals surface area contributed by atoms with Crippen LogP contribution in [0.5, 0.6) is 0 Å². The van der Waals surface area contributed by atoms with Gasteiger partial charge in [0.15, 0.2) is 5.96 Å². The van der Waals surface area contributed by atoms with Gasteiger partial charge in [-0.3, -0.25) is 9.79 Å². The zero-order valence-electron chi connectivity index (χ0n) is 16.0. The third-order valence-corrected chi connectivity index (χ3v) is 4.51. The normalized spacial score (nSPS) is 20.3. The van der Waals surface area contributed by atoms with Gasteiger partial charge in [0.25, 0.3) is 0 Å². The van der Waals surface area contributed by atoms with Crippen molar-refractivity contribution >= 4 is 35.8 Å². The molecule has 2 saturated heterocycles. The van der Waals surface area contributed by atoms with E-state index >= 15 is 0 Å². The molecule has 2 N–H and O–H groups in total. The monoisotopic (exact) mass is 482 g/mol. The highest BCUT2D eigenvalue weighted by Crippen LogP contribution is 2.12. The summed E-state index contributed by atoms with van der Waals surface area (Å²) in [7, 11) is 0. The molecule has 0 spiro atoms. The molecule has 152 valence electrons. The third-order valence-electron chi connectivity index (χ3n) is 4.51. The molecule has 0 aromatic heterocycles. The molecule has 8 heteroatoms. The van der Waals surface area contributed by atoms with Crippen molar-refractivity contribution in [3.8, 4) is 0 Å². The first-order chi connectivity index (χ1) is 12.3. The number of hydrogen-bond acceptors (Lipinski definition) is 4. The van der Waals surface area contributed by atoms with Crippen LogP contribution >= 0.6 is 24.0 Å². The van der Waals surface area contributed by atoms with Gasteiger partial charge in [0.05, 0.1) is 13.2 Å². The molecule has 26 heavy (non-hydrogen) atoms. The van der Waals surface area contributed by atoms with Crippen molar-refractivity contribution in [3.63, 3.8) is 0 Å². The number of amides is 1. The van der Waals surface area contributed by atoms with Crippen molar-refractivity contribution in [3.05, 3.63) is 0 Å². The lowest BCUT2D eigenvalue weighted by atomic mass is 10.1. The first-order valence-electron chi connectivity index (χ1n) is 9.75. The minimum Gasteiger partial charge on any atom is -0.381 e. The van der Waals surface area contributed by atoms with Gasteiger partial charge in [-0.05, 0) is 32.6 Å². The second-order valence-electron chi connectivity index (χ2n) is 6.68. The lowest BCUT2D eigenvalue weighted by molar-refractivity contribution is -0.127. The second-order valence-corrected chi connectivity index (χ2v) is 6.68. The summed E-state index contributed by atoms with van der Waals surface area (Å²) < 4.78 is 11.0. The summed E-state index contributed by atoms with van der Waals surface area (Å²) in [5.74, 6) is 1.71. The zero-order valence-corrected chi connectivity index (χ0v) is 18.3. The van der Waals surface area contributed by atoms with Gasteiger partial charge in [-0.15, -0.1) is 24.0 Å². The Morgan fingerprint density at radius 2 is 2.27 bits per heavy atom. The molecule has 1 amide bonds. The molecule has 0 aromatic rings. The first-order valence-corrected chi connectivity index (χ1v) is 9.75. The third kappa shape index (κ3) is 9.36. The first kappa shape index (κ1) is 23.4. The molecule has 1 unspecified atom stereocenters. The quantitative estimate of drug-likeness (QED) is 0.203. The number of carbonyl (C=O) groups excluding carboxylic acids is 1. The van der Waals surface area contributed by atoms with E-state index in [1.54, 1.807) is 0 Å². The molecular formula is C18H35IN4O3. The van der Waals surface area contributed by atoms with Crippen LogP contribution in [-0.2, 0) is 14.3 Å². The van der Waals surface area contributed by atoms with Crippen molar-refractivity contribution in [1.29, 1.82) is 0 Å². The van der Waals surface area contributed by atoms with E-state index < -0.39 is 0 Å². The summed E-state index contributed by atoms with van der Waals surface area (Å²) in [4.78, 5) is 18.1. The van der Waals surface area contributed by atoms with E-state index in [4.69, 9.17) is 9.47 Å². The van der Waals surface area contributed by atoms with E-state index in [2.05, 4.69) is 22.5 Å².